The van der Waals surface area contributed by atoms with E-state index in [1.807, 2.05) is 36.4 Å². The van der Waals surface area contributed by atoms with Gasteiger partial charge in [-0.05, 0) is 35.1 Å². The van der Waals surface area contributed by atoms with Crippen LogP contribution in [0, 0.1) is 0 Å². The summed E-state index contributed by atoms with van der Waals surface area (Å²) in [5.74, 6) is 0. The molecule has 3 rings (SSSR count). The van der Waals surface area contributed by atoms with Crippen molar-refractivity contribution in [3.8, 4) is 11.1 Å². The van der Waals surface area contributed by atoms with Crippen LogP contribution >= 0.6 is 0 Å². The van der Waals surface area contributed by atoms with Crippen molar-refractivity contribution in [2.24, 2.45) is 0 Å². The molecule has 2 aromatic rings. The summed E-state index contributed by atoms with van der Waals surface area (Å²) in [6, 6.07) is 18.4. The van der Waals surface area contributed by atoms with Gasteiger partial charge in [-0.3, -0.25) is 0 Å². The third-order valence-corrected chi connectivity index (χ3v) is 3.11. The summed E-state index contributed by atoms with van der Waals surface area (Å²) in [5, 5.41) is 0. The van der Waals surface area contributed by atoms with Crippen molar-refractivity contribution in [1.82, 2.24) is 0 Å². The third kappa shape index (κ3) is 2.28. The molecule has 0 aromatic heterocycles. The smallest absolute Gasteiger partial charge is 0.0576 e. The Morgan fingerprint density at radius 2 is 1.50 bits per heavy atom. The van der Waals surface area contributed by atoms with Crippen LogP contribution < -0.4 is 0 Å². The number of rotatable bonds is 2. The average molecular weight is 235 g/mol. The minimum atomic E-state index is -1.57. The van der Waals surface area contributed by atoms with Crippen molar-refractivity contribution in [3.63, 3.8) is 0 Å². The van der Waals surface area contributed by atoms with Crippen LogP contribution in [0.25, 0.3) is 16.7 Å². The van der Waals surface area contributed by atoms with Crippen LogP contribution in [0.15, 0.2) is 72.8 Å². The van der Waals surface area contributed by atoms with Crippen molar-refractivity contribution in [3.05, 3.63) is 78.4 Å². The Hall–Kier alpha value is -2.08. The van der Waals surface area contributed by atoms with E-state index in [2.05, 4.69) is 24.3 Å². The Balaban J connectivity index is 1.89. The molecule has 0 aliphatic heterocycles. The first-order valence-corrected chi connectivity index (χ1v) is 6.10. The van der Waals surface area contributed by atoms with Gasteiger partial charge in [0.05, 0.1) is 1.37 Å². The summed E-state index contributed by atoms with van der Waals surface area (Å²) in [5.41, 5.74) is 4.28. The van der Waals surface area contributed by atoms with E-state index in [4.69, 9.17) is 4.11 Å². The lowest BCUT2D eigenvalue weighted by molar-refractivity contribution is 1.05. The molecule has 0 bridgehead atoms. The lowest BCUT2D eigenvalue weighted by Gasteiger charge is -2.10. The first-order valence-electron chi connectivity index (χ1n) is 7.60. The molecule has 0 saturated carbocycles. The molecule has 0 radical (unpaired) electrons. The van der Waals surface area contributed by atoms with Gasteiger partial charge in [-0.25, -0.2) is 0 Å². The van der Waals surface area contributed by atoms with Gasteiger partial charge in [0, 0.05) is 2.74 Å². The average Bonchev–Trinajstić information content (AvgIpc) is 2.51. The van der Waals surface area contributed by atoms with Crippen LogP contribution in [-0.2, 0) is 0 Å². The van der Waals surface area contributed by atoms with Gasteiger partial charge in [-0.15, -0.1) is 0 Å². The fourth-order valence-electron chi connectivity index (χ4n) is 2.11. The van der Waals surface area contributed by atoms with E-state index in [9.17, 15) is 0 Å². The lowest BCUT2D eigenvalue weighted by atomic mass is 9.95. The molecule has 0 amide bonds. The van der Waals surface area contributed by atoms with Gasteiger partial charge >= 0.3 is 0 Å². The Morgan fingerprint density at radius 1 is 0.833 bits per heavy atom. The van der Waals surface area contributed by atoms with Crippen LogP contribution in [0.1, 0.15) is 22.5 Å². The first kappa shape index (κ1) is 8.10. The Morgan fingerprint density at radius 3 is 2.22 bits per heavy atom. The molecule has 0 fully saturated rings. The predicted octanol–water partition coefficient (Wildman–Crippen LogP) is 5.09. The lowest BCUT2D eigenvalue weighted by Crippen LogP contribution is -1.88. The predicted molar refractivity (Wildman–Crippen MR) is 78.2 cm³/mol. The minimum Gasteiger partial charge on any atom is -0.0842 e. The van der Waals surface area contributed by atoms with Crippen molar-refractivity contribution in [2.75, 3.05) is 0 Å². The monoisotopic (exact) mass is 235 g/mol. The first-order chi connectivity index (χ1) is 10.1. The standard InChI is InChI=1S/C18H16/c1-3-7-15(8-4-1)17-11-13-18(14-12-17)16-9-5-2-6-10-16/h1-5,7-9,11-14H,6,10H2/i2D,6D2. The molecule has 0 saturated heterocycles. The van der Waals surface area contributed by atoms with Crippen LogP contribution in [0.4, 0.5) is 0 Å². The summed E-state index contributed by atoms with van der Waals surface area (Å²) in [4.78, 5) is 0. The minimum absolute atomic E-state index is 0.0483. The SMILES string of the molecule is [2H]C1=CC=C(c2ccc(-c3ccccc3)cc2)CC1([2H])[2H]. The van der Waals surface area contributed by atoms with Gasteiger partial charge in [0.25, 0.3) is 0 Å². The highest BCUT2D eigenvalue weighted by molar-refractivity contribution is 5.71. The molecular weight excluding hydrogens is 216 g/mol. The number of hydrogen-bond donors (Lipinski definition) is 0. The zero-order valence-electron chi connectivity index (χ0n) is 13.1. The van der Waals surface area contributed by atoms with Crippen molar-refractivity contribution < 1.29 is 4.11 Å². The van der Waals surface area contributed by atoms with E-state index < -0.39 is 6.37 Å². The van der Waals surface area contributed by atoms with Gasteiger partial charge in [0.15, 0.2) is 0 Å². The largest absolute Gasteiger partial charge is 0.0842 e. The van der Waals surface area contributed by atoms with Crippen LogP contribution in [0.2, 0.25) is 0 Å². The van der Waals surface area contributed by atoms with Gasteiger partial charge in [-0.1, -0.05) is 72.8 Å². The number of allylic oxidation sites excluding steroid dienone is 4. The Kier molecular flexibility index (Phi) is 2.27. The second-order valence-corrected chi connectivity index (χ2v) is 4.30. The number of hydrogen-bond acceptors (Lipinski definition) is 0. The van der Waals surface area contributed by atoms with Crippen molar-refractivity contribution >= 4 is 5.57 Å². The molecule has 0 atom stereocenters. The van der Waals surface area contributed by atoms with Gasteiger partial charge in [0.2, 0.25) is 0 Å². The molecular formula is C18H16. The maximum atomic E-state index is 7.86. The molecule has 2 aromatic carbocycles. The van der Waals surface area contributed by atoms with E-state index in [1.54, 1.807) is 6.08 Å². The van der Waals surface area contributed by atoms with Crippen molar-refractivity contribution in [1.29, 1.82) is 0 Å². The topological polar surface area (TPSA) is 0 Å². The van der Waals surface area contributed by atoms with Crippen LogP contribution in [0.5, 0.6) is 0 Å². The molecule has 18 heavy (non-hydrogen) atoms. The zero-order valence-corrected chi connectivity index (χ0v) is 10.1. The molecule has 0 unspecified atom stereocenters. The normalized spacial score (nSPS) is 20.1. The van der Waals surface area contributed by atoms with E-state index in [-0.39, 0.29) is 12.5 Å². The maximum absolute atomic E-state index is 7.86. The third-order valence-electron chi connectivity index (χ3n) is 3.11. The second-order valence-electron chi connectivity index (χ2n) is 4.30. The van der Waals surface area contributed by atoms with E-state index in [1.165, 1.54) is 5.56 Å². The molecule has 0 N–H and O–H groups in total. The molecule has 0 heterocycles. The summed E-state index contributed by atoms with van der Waals surface area (Å²) in [7, 11) is 0. The summed E-state index contributed by atoms with van der Waals surface area (Å²) < 4.78 is 23.3. The van der Waals surface area contributed by atoms with Crippen LogP contribution in [-0.4, -0.2) is 0 Å². The second kappa shape index (κ2) is 5.05. The summed E-state index contributed by atoms with van der Waals surface area (Å²) in [6.45, 7) is 0. The van der Waals surface area contributed by atoms with E-state index in [0.29, 0.717) is 0 Å². The maximum Gasteiger partial charge on any atom is 0.0576 e. The highest BCUT2D eigenvalue weighted by atomic mass is 14.1. The molecule has 0 nitrogen and oxygen atoms in total. The fourth-order valence-corrected chi connectivity index (χ4v) is 2.11. The summed E-state index contributed by atoms with van der Waals surface area (Å²) in [6.07, 6.45) is 2.10. The van der Waals surface area contributed by atoms with E-state index >= 15 is 0 Å². The molecule has 88 valence electrons. The zero-order chi connectivity index (χ0) is 14.9. The van der Waals surface area contributed by atoms with Crippen molar-refractivity contribution in [2.45, 2.75) is 12.8 Å². The highest BCUT2D eigenvalue weighted by Crippen LogP contribution is 2.26. The molecule has 0 heteroatoms. The molecule has 1 aliphatic rings. The van der Waals surface area contributed by atoms with Crippen LogP contribution in [0.3, 0.4) is 0 Å². The van der Waals surface area contributed by atoms with Gasteiger partial charge < -0.3 is 0 Å². The van der Waals surface area contributed by atoms with Gasteiger partial charge in [-0.2, -0.15) is 0 Å². The quantitative estimate of drug-likeness (QED) is 0.680. The fraction of sp³-hybridized carbons (Fsp3) is 0.111. The molecule has 0 spiro atoms. The highest BCUT2D eigenvalue weighted by Gasteiger charge is 2.03. The Labute approximate surface area is 113 Å². The van der Waals surface area contributed by atoms with E-state index in [0.717, 1.165) is 16.7 Å². The summed E-state index contributed by atoms with van der Waals surface area (Å²) >= 11 is 0. The van der Waals surface area contributed by atoms with Gasteiger partial charge in [0.1, 0.15) is 0 Å². The molecule has 1 aliphatic carbocycles. The Bertz CT molecular complexity index is 695. The number of benzene rings is 2.